The Labute approximate surface area is 99.1 Å². The van der Waals surface area contributed by atoms with Crippen LogP contribution in [0.4, 0.5) is 11.4 Å². The maximum atomic E-state index is 11.4. The zero-order chi connectivity index (χ0) is 12.8. The number of hydrogen-bond acceptors (Lipinski definition) is 5. The van der Waals surface area contributed by atoms with Crippen molar-refractivity contribution in [3.05, 3.63) is 23.8 Å². The van der Waals surface area contributed by atoms with Crippen LogP contribution in [-0.2, 0) is 9.53 Å². The molecule has 0 fully saturated rings. The number of esters is 1. The highest BCUT2D eigenvalue weighted by Gasteiger charge is 2.08. The van der Waals surface area contributed by atoms with Gasteiger partial charge >= 0.3 is 5.97 Å². The van der Waals surface area contributed by atoms with Gasteiger partial charge in [0.15, 0.2) is 0 Å². The predicted molar refractivity (Wildman–Crippen MR) is 64.8 cm³/mol. The minimum atomic E-state index is -0.408. The van der Waals surface area contributed by atoms with Gasteiger partial charge in [0.05, 0.1) is 18.5 Å². The lowest BCUT2D eigenvalue weighted by Gasteiger charge is -2.09. The fourth-order valence-electron chi connectivity index (χ4n) is 1.23. The summed E-state index contributed by atoms with van der Waals surface area (Å²) in [7, 11) is 2.84. The molecule has 1 rings (SSSR count). The molecule has 0 aromatic heterocycles. The van der Waals surface area contributed by atoms with Crippen LogP contribution in [0.3, 0.4) is 0 Å². The van der Waals surface area contributed by atoms with Gasteiger partial charge in [0.1, 0.15) is 6.54 Å². The lowest BCUT2D eigenvalue weighted by atomic mass is 10.1. The summed E-state index contributed by atoms with van der Waals surface area (Å²) in [6.45, 7) is -0.00209. The van der Waals surface area contributed by atoms with Crippen LogP contribution in [0.25, 0.3) is 0 Å². The van der Waals surface area contributed by atoms with Crippen molar-refractivity contribution in [1.82, 2.24) is 5.32 Å². The number of rotatable bonds is 4. The number of carbonyl (C=O) groups is 2. The molecule has 1 aromatic rings. The highest BCUT2D eigenvalue weighted by Crippen LogP contribution is 2.19. The second-order valence-electron chi connectivity index (χ2n) is 3.31. The van der Waals surface area contributed by atoms with Crippen molar-refractivity contribution in [3.8, 4) is 0 Å². The number of ether oxygens (including phenoxy) is 1. The molecule has 0 aliphatic carbocycles. The van der Waals surface area contributed by atoms with Crippen LogP contribution in [0.5, 0.6) is 0 Å². The lowest BCUT2D eigenvalue weighted by molar-refractivity contribution is -0.138. The van der Waals surface area contributed by atoms with Crippen LogP contribution < -0.4 is 16.4 Å². The van der Waals surface area contributed by atoms with Crippen molar-refractivity contribution in [2.75, 3.05) is 31.8 Å². The summed E-state index contributed by atoms with van der Waals surface area (Å²) >= 11 is 0. The molecule has 4 N–H and O–H groups in total. The maximum Gasteiger partial charge on any atom is 0.325 e. The van der Waals surface area contributed by atoms with Crippen molar-refractivity contribution < 1.29 is 14.3 Å². The van der Waals surface area contributed by atoms with Gasteiger partial charge in [-0.25, -0.2) is 0 Å². The number of carbonyl (C=O) groups excluding carboxylic acids is 2. The van der Waals surface area contributed by atoms with Crippen LogP contribution in [0.15, 0.2) is 18.2 Å². The fourth-order valence-corrected chi connectivity index (χ4v) is 1.23. The minimum Gasteiger partial charge on any atom is -0.468 e. The van der Waals surface area contributed by atoms with Crippen molar-refractivity contribution in [2.45, 2.75) is 0 Å². The number of benzene rings is 1. The SMILES string of the molecule is CNC(=O)c1ccc(N)c(NCC(=O)OC)c1. The van der Waals surface area contributed by atoms with Crippen molar-refractivity contribution in [3.63, 3.8) is 0 Å². The van der Waals surface area contributed by atoms with Gasteiger partial charge in [-0.2, -0.15) is 0 Å². The molecule has 1 aromatic carbocycles. The van der Waals surface area contributed by atoms with E-state index in [1.807, 2.05) is 0 Å². The lowest BCUT2D eigenvalue weighted by Crippen LogP contribution is -2.19. The Morgan fingerprint density at radius 3 is 2.71 bits per heavy atom. The molecular weight excluding hydrogens is 222 g/mol. The molecular formula is C11H15N3O3. The van der Waals surface area contributed by atoms with E-state index in [4.69, 9.17) is 5.73 Å². The van der Waals surface area contributed by atoms with Gasteiger partial charge in [-0.15, -0.1) is 0 Å². The number of amides is 1. The first-order chi connectivity index (χ1) is 8.08. The fraction of sp³-hybridized carbons (Fsp3) is 0.273. The van der Waals surface area contributed by atoms with Gasteiger partial charge in [0.2, 0.25) is 0 Å². The van der Waals surface area contributed by atoms with Crippen LogP contribution in [0, 0.1) is 0 Å². The molecule has 0 saturated heterocycles. The monoisotopic (exact) mass is 237 g/mol. The number of nitrogens with one attached hydrogen (secondary N) is 2. The summed E-state index contributed by atoms with van der Waals surface area (Å²) in [6.07, 6.45) is 0. The van der Waals surface area contributed by atoms with E-state index in [9.17, 15) is 9.59 Å². The molecule has 0 radical (unpaired) electrons. The summed E-state index contributed by atoms with van der Waals surface area (Å²) < 4.78 is 4.49. The van der Waals surface area contributed by atoms with E-state index in [1.165, 1.54) is 7.11 Å². The first-order valence-electron chi connectivity index (χ1n) is 5.00. The average molecular weight is 237 g/mol. The van der Waals surface area contributed by atoms with Crippen molar-refractivity contribution in [2.24, 2.45) is 0 Å². The molecule has 0 bridgehead atoms. The van der Waals surface area contributed by atoms with Crippen LogP contribution >= 0.6 is 0 Å². The third kappa shape index (κ3) is 3.37. The first-order valence-corrected chi connectivity index (χ1v) is 5.00. The molecule has 1 amide bonds. The number of anilines is 2. The largest absolute Gasteiger partial charge is 0.468 e. The average Bonchev–Trinajstić information content (AvgIpc) is 2.36. The molecule has 6 heteroatoms. The normalized spacial score (nSPS) is 9.53. The third-order valence-corrected chi connectivity index (χ3v) is 2.19. The molecule has 0 aliphatic rings. The highest BCUT2D eigenvalue weighted by molar-refractivity contribution is 5.96. The molecule has 0 heterocycles. The number of methoxy groups -OCH3 is 1. The zero-order valence-corrected chi connectivity index (χ0v) is 9.74. The quantitative estimate of drug-likeness (QED) is 0.514. The number of hydrogen-bond donors (Lipinski definition) is 3. The number of nitrogens with two attached hydrogens (primary N) is 1. The number of nitrogen functional groups attached to an aromatic ring is 1. The van der Waals surface area contributed by atoms with E-state index in [0.29, 0.717) is 16.9 Å². The van der Waals surface area contributed by atoms with Gasteiger partial charge in [-0.1, -0.05) is 0 Å². The highest BCUT2D eigenvalue weighted by atomic mass is 16.5. The van der Waals surface area contributed by atoms with E-state index in [1.54, 1.807) is 25.2 Å². The predicted octanol–water partition coefficient (Wildman–Crippen LogP) is 0.213. The van der Waals surface area contributed by atoms with Gasteiger partial charge < -0.3 is 21.1 Å². The van der Waals surface area contributed by atoms with E-state index >= 15 is 0 Å². The maximum absolute atomic E-state index is 11.4. The Kier molecular flexibility index (Phi) is 4.33. The van der Waals surface area contributed by atoms with E-state index in [-0.39, 0.29) is 12.5 Å². The molecule has 0 unspecified atom stereocenters. The van der Waals surface area contributed by atoms with Gasteiger partial charge in [0, 0.05) is 12.6 Å². The summed E-state index contributed by atoms with van der Waals surface area (Å²) in [4.78, 5) is 22.4. The molecule has 0 saturated carbocycles. The Hall–Kier alpha value is -2.24. The molecule has 92 valence electrons. The second-order valence-corrected chi connectivity index (χ2v) is 3.31. The van der Waals surface area contributed by atoms with Gasteiger partial charge in [-0.05, 0) is 18.2 Å². The van der Waals surface area contributed by atoms with Crippen LogP contribution in [-0.4, -0.2) is 32.6 Å². The van der Waals surface area contributed by atoms with Gasteiger partial charge in [0.25, 0.3) is 5.91 Å². The Morgan fingerprint density at radius 2 is 2.12 bits per heavy atom. The minimum absolute atomic E-state index is 0.00209. The smallest absolute Gasteiger partial charge is 0.325 e. The summed E-state index contributed by atoms with van der Waals surface area (Å²) in [5.74, 6) is -0.624. The van der Waals surface area contributed by atoms with Crippen LogP contribution in [0.1, 0.15) is 10.4 Å². The summed E-state index contributed by atoms with van der Waals surface area (Å²) in [5.41, 5.74) is 7.16. The Balaban J connectivity index is 2.83. The summed E-state index contributed by atoms with van der Waals surface area (Å²) in [6, 6.07) is 4.79. The Morgan fingerprint density at radius 1 is 1.41 bits per heavy atom. The van der Waals surface area contributed by atoms with E-state index in [2.05, 4.69) is 15.4 Å². The van der Waals surface area contributed by atoms with Crippen molar-refractivity contribution >= 4 is 23.3 Å². The van der Waals surface area contributed by atoms with Crippen molar-refractivity contribution in [1.29, 1.82) is 0 Å². The summed E-state index contributed by atoms with van der Waals surface area (Å²) in [5, 5.41) is 5.31. The standard InChI is InChI=1S/C11H15N3O3/c1-13-11(16)7-3-4-8(12)9(5-7)14-6-10(15)17-2/h3-5,14H,6,12H2,1-2H3,(H,13,16). The molecule has 0 atom stereocenters. The first kappa shape index (κ1) is 12.8. The molecule has 0 spiro atoms. The second kappa shape index (κ2) is 5.74. The Bertz CT molecular complexity index is 432. The zero-order valence-electron chi connectivity index (χ0n) is 9.74. The van der Waals surface area contributed by atoms with Crippen LogP contribution in [0.2, 0.25) is 0 Å². The molecule has 17 heavy (non-hydrogen) atoms. The van der Waals surface area contributed by atoms with Gasteiger partial charge in [-0.3, -0.25) is 9.59 Å². The molecule has 6 nitrogen and oxygen atoms in total. The van der Waals surface area contributed by atoms with E-state index in [0.717, 1.165) is 0 Å². The topological polar surface area (TPSA) is 93.5 Å². The third-order valence-electron chi connectivity index (χ3n) is 2.19. The molecule has 0 aliphatic heterocycles. The van der Waals surface area contributed by atoms with E-state index < -0.39 is 5.97 Å².